The molecule has 2 saturated heterocycles. The Bertz CT molecular complexity index is 582. The SMILES string of the molecule is O=C(COc1cc(Cl)c(Cl)cc1Cl)N1CCC2CCC(C1)N2. The van der Waals surface area contributed by atoms with Gasteiger partial charge in [0, 0.05) is 31.2 Å². The van der Waals surface area contributed by atoms with Gasteiger partial charge in [-0.2, -0.15) is 0 Å². The molecule has 1 aromatic rings. The van der Waals surface area contributed by atoms with Crippen molar-refractivity contribution in [2.24, 2.45) is 0 Å². The Morgan fingerprint density at radius 2 is 1.86 bits per heavy atom. The standard InChI is InChI=1S/C15H17Cl3N2O2/c16-11-5-13(18)14(6-12(11)17)22-8-15(21)20-4-3-9-1-2-10(7-20)19-9/h5-6,9-10,19H,1-4,7-8H2. The van der Waals surface area contributed by atoms with Crippen molar-refractivity contribution in [3.05, 3.63) is 27.2 Å². The molecule has 7 heteroatoms. The van der Waals surface area contributed by atoms with E-state index in [4.69, 9.17) is 39.5 Å². The summed E-state index contributed by atoms with van der Waals surface area (Å²) in [5.41, 5.74) is 0. The normalized spacial score (nSPS) is 24.2. The minimum absolute atomic E-state index is 0.0310. The topological polar surface area (TPSA) is 41.6 Å². The maximum atomic E-state index is 12.3. The van der Waals surface area contributed by atoms with Crippen LogP contribution in [-0.2, 0) is 4.79 Å². The van der Waals surface area contributed by atoms with Crippen molar-refractivity contribution in [3.8, 4) is 5.75 Å². The minimum Gasteiger partial charge on any atom is -0.482 e. The molecule has 4 nitrogen and oxygen atoms in total. The maximum Gasteiger partial charge on any atom is 0.260 e. The number of hydrogen-bond acceptors (Lipinski definition) is 3. The maximum absolute atomic E-state index is 12.3. The number of hydrogen-bond donors (Lipinski definition) is 1. The summed E-state index contributed by atoms with van der Waals surface area (Å²) in [6, 6.07) is 4.00. The number of likely N-dealkylation sites (tertiary alicyclic amines) is 1. The van der Waals surface area contributed by atoms with Crippen molar-refractivity contribution < 1.29 is 9.53 Å². The minimum atomic E-state index is -0.0466. The van der Waals surface area contributed by atoms with Gasteiger partial charge >= 0.3 is 0 Å². The van der Waals surface area contributed by atoms with Gasteiger partial charge in [0.2, 0.25) is 0 Å². The third-order valence-electron chi connectivity index (χ3n) is 4.20. The molecule has 2 fully saturated rings. The second kappa shape index (κ2) is 6.83. The molecule has 2 heterocycles. The van der Waals surface area contributed by atoms with Crippen LogP contribution in [0.3, 0.4) is 0 Å². The number of ether oxygens (including phenoxy) is 1. The number of amides is 1. The van der Waals surface area contributed by atoms with Crippen LogP contribution in [-0.4, -0.2) is 42.6 Å². The van der Waals surface area contributed by atoms with E-state index in [0.717, 1.165) is 25.9 Å². The molecule has 3 rings (SSSR count). The number of benzene rings is 1. The summed E-state index contributed by atoms with van der Waals surface area (Å²) in [6.07, 6.45) is 3.34. The molecule has 2 aliphatic rings. The molecular formula is C15H17Cl3N2O2. The van der Waals surface area contributed by atoms with Crippen LogP contribution in [0.1, 0.15) is 19.3 Å². The lowest BCUT2D eigenvalue weighted by molar-refractivity contribution is -0.133. The fourth-order valence-corrected chi connectivity index (χ4v) is 3.61. The van der Waals surface area contributed by atoms with Crippen LogP contribution in [0.4, 0.5) is 0 Å². The number of halogens is 3. The quantitative estimate of drug-likeness (QED) is 0.837. The Morgan fingerprint density at radius 3 is 2.68 bits per heavy atom. The third-order valence-corrected chi connectivity index (χ3v) is 5.22. The molecule has 1 amide bonds. The smallest absolute Gasteiger partial charge is 0.260 e. The van der Waals surface area contributed by atoms with Crippen molar-refractivity contribution in [2.45, 2.75) is 31.3 Å². The van der Waals surface area contributed by atoms with Crippen LogP contribution >= 0.6 is 34.8 Å². The van der Waals surface area contributed by atoms with Crippen molar-refractivity contribution in [1.82, 2.24) is 10.2 Å². The number of carbonyl (C=O) groups excluding carboxylic acids is 1. The van der Waals surface area contributed by atoms with E-state index in [-0.39, 0.29) is 12.5 Å². The highest BCUT2D eigenvalue weighted by atomic mass is 35.5. The Hall–Kier alpha value is -0.680. The molecule has 0 aliphatic carbocycles. The lowest BCUT2D eigenvalue weighted by Gasteiger charge is -2.24. The van der Waals surface area contributed by atoms with Gasteiger partial charge in [-0.1, -0.05) is 34.8 Å². The van der Waals surface area contributed by atoms with E-state index in [9.17, 15) is 4.79 Å². The number of rotatable bonds is 3. The lowest BCUT2D eigenvalue weighted by Crippen LogP contribution is -2.41. The van der Waals surface area contributed by atoms with Gasteiger partial charge in [-0.05, 0) is 25.3 Å². The number of carbonyl (C=O) groups is 1. The summed E-state index contributed by atoms with van der Waals surface area (Å²) < 4.78 is 5.52. The zero-order valence-corrected chi connectivity index (χ0v) is 14.2. The summed E-state index contributed by atoms with van der Waals surface area (Å²) in [5, 5.41) is 4.61. The number of fused-ring (bicyclic) bond motifs is 2. The zero-order chi connectivity index (χ0) is 15.7. The van der Waals surface area contributed by atoms with Crippen LogP contribution in [0.5, 0.6) is 5.75 Å². The lowest BCUT2D eigenvalue weighted by atomic mass is 10.1. The molecule has 120 valence electrons. The molecular weight excluding hydrogens is 347 g/mol. The average molecular weight is 364 g/mol. The van der Waals surface area contributed by atoms with Gasteiger partial charge in [0.05, 0.1) is 15.1 Å². The van der Waals surface area contributed by atoms with Crippen molar-refractivity contribution in [1.29, 1.82) is 0 Å². The zero-order valence-electron chi connectivity index (χ0n) is 11.9. The van der Waals surface area contributed by atoms with Gasteiger partial charge < -0.3 is 15.0 Å². The highest BCUT2D eigenvalue weighted by molar-refractivity contribution is 6.43. The van der Waals surface area contributed by atoms with Crippen LogP contribution in [0.25, 0.3) is 0 Å². The van der Waals surface area contributed by atoms with Crippen molar-refractivity contribution in [3.63, 3.8) is 0 Å². The molecule has 0 aromatic heterocycles. The Morgan fingerprint density at radius 1 is 1.14 bits per heavy atom. The highest BCUT2D eigenvalue weighted by Gasteiger charge is 2.31. The van der Waals surface area contributed by atoms with Crippen molar-refractivity contribution in [2.75, 3.05) is 19.7 Å². The monoisotopic (exact) mass is 362 g/mol. The summed E-state index contributed by atoms with van der Waals surface area (Å²) in [6.45, 7) is 1.47. The van der Waals surface area contributed by atoms with Crippen molar-refractivity contribution >= 4 is 40.7 Å². The predicted molar refractivity (Wildman–Crippen MR) is 88.1 cm³/mol. The van der Waals surface area contributed by atoms with Crippen LogP contribution in [0, 0.1) is 0 Å². The highest BCUT2D eigenvalue weighted by Crippen LogP contribution is 2.33. The summed E-state index contributed by atoms with van der Waals surface area (Å²) in [4.78, 5) is 14.2. The van der Waals surface area contributed by atoms with Gasteiger partial charge in [-0.3, -0.25) is 4.79 Å². The first-order chi connectivity index (χ1) is 10.5. The third kappa shape index (κ3) is 3.62. The van der Waals surface area contributed by atoms with E-state index in [1.54, 1.807) is 0 Å². The van der Waals surface area contributed by atoms with Gasteiger partial charge in [0.1, 0.15) is 5.75 Å². The molecule has 1 aromatic carbocycles. The number of nitrogens with zero attached hydrogens (tertiary/aromatic N) is 1. The van der Waals surface area contributed by atoms with E-state index >= 15 is 0 Å². The van der Waals surface area contributed by atoms with E-state index in [1.165, 1.54) is 18.6 Å². The number of nitrogens with one attached hydrogen (secondary N) is 1. The summed E-state index contributed by atoms with van der Waals surface area (Å²) >= 11 is 17.9. The molecule has 1 N–H and O–H groups in total. The van der Waals surface area contributed by atoms with Gasteiger partial charge in [-0.25, -0.2) is 0 Å². The Labute approximate surface area is 144 Å². The van der Waals surface area contributed by atoms with Crippen LogP contribution < -0.4 is 10.1 Å². The molecule has 0 spiro atoms. The van der Waals surface area contributed by atoms with Gasteiger partial charge in [0.15, 0.2) is 6.61 Å². The Kier molecular flexibility index (Phi) is 5.03. The van der Waals surface area contributed by atoms with Gasteiger partial charge in [0.25, 0.3) is 5.91 Å². The molecule has 22 heavy (non-hydrogen) atoms. The molecule has 2 aliphatic heterocycles. The predicted octanol–water partition coefficient (Wildman–Crippen LogP) is 3.38. The Balaban J connectivity index is 1.59. The van der Waals surface area contributed by atoms with E-state index in [0.29, 0.717) is 32.9 Å². The average Bonchev–Trinajstić information content (AvgIpc) is 2.80. The summed E-state index contributed by atoms with van der Waals surface area (Å²) in [5.74, 6) is 0.343. The molecule has 0 radical (unpaired) electrons. The first kappa shape index (κ1) is 16.2. The molecule has 2 bridgehead atoms. The summed E-state index contributed by atoms with van der Waals surface area (Å²) in [7, 11) is 0. The molecule has 2 atom stereocenters. The first-order valence-corrected chi connectivity index (χ1v) is 8.47. The largest absolute Gasteiger partial charge is 0.482 e. The van der Waals surface area contributed by atoms with E-state index in [1.807, 2.05) is 4.90 Å². The second-order valence-corrected chi connectivity index (χ2v) is 6.97. The fourth-order valence-electron chi connectivity index (χ4n) is 3.02. The van der Waals surface area contributed by atoms with Gasteiger partial charge in [-0.15, -0.1) is 0 Å². The fraction of sp³-hybridized carbons (Fsp3) is 0.533. The first-order valence-electron chi connectivity index (χ1n) is 7.34. The van der Waals surface area contributed by atoms with Crippen LogP contribution in [0.15, 0.2) is 12.1 Å². The van der Waals surface area contributed by atoms with E-state index < -0.39 is 0 Å². The van der Waals surface area contributed by atoms with Crippen LogP contribution in [0.2, 0.25) is 15.1 Å². The van der Waals surface area contributed by atoms with E-state index in [2.05, 4.69) is 5.32 Å². The molecule has 0 saturated carbocycles. The molecule has 2 unspecified atom stereocenters. The second-order valence-electron chi connectivity index (χ2n) is 5.75.